The molecule has 0 radical (unpaired) electrons. The monoisotopic (exact) mass is 313 g/mol. The zero-order valence-corrected chi connectivity index (χ0v) is 12.0. The van der Waals surface area contributed by atoms with Crippen LogP contribution in [0.3, 0.4) is 0 Å². The average molecular weight is 313 g/mol. The number of halogens is 1. The number of ether oxygens (including phenoxy) is 3. The maximum atomic E-state index is 14.6. The SMILES string of the molecule is COCC1OC(n2cnc3c(=O)[nH]c(N)nc32)C(F)C1OC. The van der Waals surface area contributed by atoms with Gasteiger partial charge in [-0.2, -0.15) is 4.98 Å². The fourth-order valence-electron chi connectivity index (χ4n) is 2.63. The van der Waals surface area contributed by atoms with Crippen LogP contribution in [0, 0.1) is 0 Å². The number of alkyl halides is 1. The van der Waals surface area contributed by atoms with Gasteiger partial charge in [-0.3, -0.25) is 14.3 Å². The Morgan fingerprint density at radius 1 is 1.55 bits per heavy atom. The Bertz CT molecular complexity index is 732. The van der Waals surface area contributed by atoms with Crippen LogP contribution in [0.5, 0.6) is 0 Å². The van der Waals surface area contributed by atoms with Crippen LogP contribution in [-0.4, -0.2) is 58.7 Å². The molecule has 3 heterocycles. The van der Waals surface area contributed by atoms with Crippen LogP contribution in [0.25, 0.3) is 11.2 Å². The highest BCUT2D eigenvalue weighted by molar-refractivity contribution is 5.70. The molecule has 4 atom stereocenters. The lowest BCUT2D eigenvalue weighted by Gasteiger charge is -2.16. The van der Waals surface area contributed by atoms with Crippen molar-refractivity contribution >= 4 is 17.1 Å². The molecule has 3 N–H and O–H groups in total. The highest BCUT2D eigenvalue weighted by Crippen LogP contribution is 2.34. The Balaban J connectivity index is 2.02. The highest BCUT2D eigenvalue weighted by Gasteiger charge is 2.47. The van der Waals surface area contributed by atoms with Gasteiger partial charge in [-0.05, 0) is 0 Å². The summed E-state index contributed by atoms with van der Waals surface area (Å²) < 4.78 is 31.8. The number of anilines is 1. The molecule has 0 amide bonds. The van der Waals surface area contributed by atoms with Gasteiger partial charge in [0.2, 0.25) is 5.95 Å². The number of nitrogens with two attached hydrogens (primary N) is 1. The summed E-state index contributed by atoms with van der Waals surface area (Å²) in [4.78, 5) is 22.0. The van der Waals surface area contributed by atoms with E-state index in [1.807, 2.05) is 0 Å². The van der Waals surface area contributed by atoms with Gasteiger partial charge in [0.05, 0.1) is 12.9 Å². The molecule has 1 aliphatic heterocycles. The van der Waals surface area contributed by atoms with E-state index < -0.39 is 30.2 Å². The fraction of sp³-hybridized carbons (Fsp3) is 0.583. The molecular weight excluding hydrogens is 297 g/mol. The molecule has 2 aromatic heterocycles. The smallest absolute Gasteiger partial charge is 0.280 e. The maximum Gasteiger partial charge on any atom is 0.280 e. The van der Waals surface area contributed by atoms with Crippen LogP contribution in [0.15, 0.2) is 11.1 Å². The first kappa shape index (κ1) is 14.9. The van der Waals surface area contributed by atoms with Crippen LogP contribution >= 0.6 is 0 Å². The van der Waals surface area contributed by atoms with E-state index in [0.29, 0.717) is 0 Å². The minimum atomic E-state index is -1.47. The van der Waals surface area contributed by atoms with Crippen LogP contribution in [0.4, 0.5) is 10.3 Å². The number of nitrogens with zero attached hydrogens (tertiary/aromatic N) is 3. The second kappa shape index (κ2) is 5.63. The minimum Gasteiger partial charge on any atom is -0.382 e. The summed E-state index contributed by atoms with van der Waals surface area (Å²) in [5, 5.41) is 0. The van der Waals surface area contributed by atoms with Gasteiger partial charge in [-0.25, -0.2) is 9.37 Å². The Hall–Kier alpha value is -2.04. The van der Waals surface area contributed by atoms with E-state index in [2.05, 4.69) is 15.0 Å². The van der Waals surface area contributed by atoms with Crippen LogP contribution in [0.2, 0.25) is 0 Å². The van der Waals surface area contributed by atoms with Gasteiger partial charge < -0.3 is 19.9 Å². The summed E-state index contributed by atoms with van der Waals surface area (Å²) in [6.07, 6.45) is -2.56. The maximum absolute atomic E-state index is 14.6. The zero-order chi connectivity index (χ0) is 15.9. The summed E-state index contributed by atoms with van der Waals surface area (Å²) in [5.74, 6) is -0.0793. The van der Waals surface area contributed by atoms with Crippen molar-refractivity contribution in [1.82, 2.24) is 19.5 Å². The minimum absolute atomic E-state index is 0.0640. The summed E-state index contributed by atoms with van der Waals surface area (Å²) in [6, 6.07) is 0. The lowest BCUT2D eigenvalue weighted by molar-refractivity contribution is -0.0602. The molecule has 3 rings (SSSR count). The summed E-state index contributed by atoms with van der Waals surface area (Å²) in [5.41, 5.74) is 5.25. The standard InChI is InChI=1S/C12H16FN5O4/c1-20-3-5-8(21-2)6(13)11(22-5)18-4-15-7-9(18)16-12(14)17-10(7)19/h4-6,8,11H,3H2,1-2H3,(H3,14,16,17,19). The summed E-state index contributed by atoms with van der Waals surface area (Å²) >= 11 is 0. The molecule has 0 saturated carbocycles. The molecule has 2 aromatic rings. The molecule has 0 aliphatic carbocycles. The zero-order valence-electron chi connectivity index (χ0n) is 12.0. The topological polar surface area (TPSA) is 117 Å². The van der Waals surface area contributed by atoms with Crippen LogP contribution < -0.4 is 11.3 Å². The Kier molecular flexibility index (Phi) is 3.81. The Morgan fingerprint density at radius 2 is 2.32 bits per heavy atom. The predicted molar refractivity (Wildman–Crippen MR) is 74.0 cm³/mol. The van der Waals surface area contributed by atoms with Crippen molar-refractivity contribution in [2.45, 2.75) is 24.6 Å². The molecule has 22 heavy (non-hydrogen) atoms. The Labute approximate surface area is 124 Å². The summed E-state index contributed by atoms with van der Waals surface area (Å²) in [6.45, 7) is 0.179. The van der Waals surface area contributed by atoms with E-state index >= 15 is 0 Å². The number of imidazole rings is 1. The highest BCUT2D eigenvalue weighted by atomic mass is 19.1. The molecule has 10 heteroatoms. The predicted octanol–water partition coefficient (Wildman–Crippen LogP) is -0.401. The third-order valence-electron chi connectivity index (χ3n) is 3.59. The number of nitrogens with one attached hydrogen (secondary N) is 1. The third kappa shape index (κ3) is 2.25. The first-order chi connectivity index (χ1) is 10.6. The molecule has 0 spiro atoms. The average Bonchev–Trinajstić information content (AvgIpc) is 3.01. The lowest BCUT2D eigenvalue weighted by Crippen LogP contribution is -2.33. The van der Waals surface area contributed by atoms with E-state index in [4.69, 9.17) is 19.9 Å². The number of methoxy groups -OCH3 is 2. The van der Waals surface area contributed by atoms with E-state index in [0.717, 1.165) is 0 Å². The first-order valence-electron chi connectivity index (χ1n) is 6.60. The van der Waals surface area contributed by atoms with Crippen molar-refractivity contribution in [2.75, 3.05) is 26.6 Å². The van der Waals surface area contributed by atoms with Gasteiger partial charge in [0.25, 0.3) is 5.56 Å². The van der Waals surface area contributed by atoms with E-state index in [1.54, 1.807) is 0 Å². The van der Waals surface area contributed by atoms with Crippen molar-refractivity contribution in [3.63, 3.8) is 0 Å². The fourth-order valence-corrected chi connectivity index (χ4v) is 2.63. The molecule has 120 valence electrons. The molecular formula is C12H16FN5O4. The molecule has 9 nitrogen and oxygen atoms in total. The second-order valence-corrected chi connectivity index (χ2v) is 4.94. The van der Waals surface area contributed by atoms with Crippen molar-refractivity contribution in [2.24, 2.45) is 0 Å². The first-order valence-corrected chi connectivity index (χ1v) is 6.60. The molecule has 1 saturated heterocycles. The van der Waals surface area contributed by atoms with E-state index in [9.17, 15) is 9.18 Å². The normalized spacial score (nSPS) is 28.5. The van der Waals surface area contributed by atoms with Gasteiger partial charge in [0.15, 0.2) is 23.6 Å². The second-order valence-electron chi connectivity index (χ2n) is 4.94. The number of hydrogen-bond donors (Lipinski definition) is 2. The van der Waals surface area contributed by atoms with Gasteiger partial charge >= 0.3 is 0 Å². The number of H-pyrrole nitrogens is 1. The number of aromatic amines is 1. The van der Waals surface area contributed by atoms with Gasteiger partial charge in [-0.15, -0.1) is 0 Å². The number of hydrogen-bond acceptors (Lipinski definition) is 7. The van der Waals surface area contributed by atoms with Crippen molar-refractivity contribution in [3.8, 4) is 0 Å². The number of fused-ring (bicyclic) bond motifs is 1. The molecule has 0 bridgehead atoms. The van der Waals surface area contributed by atoms with Crippen molar-refractivity contribution in [1.29, 1.82) is 0 Å². The Morgan fingerprint density at radius 3 is 3.00 bits per heavy atom. The third-order valence-corrected chi connectivity index (χ3v) is 3.59. The molecule has 0 aromatic carbocycles. The number of nitrogen functional groups attached to an aromatic ring is 1. The molecule has 1 fully saturated rings. The molecule has 1 aliphatic rings. The summed E-state index contributed by atoms with van der Waals surface area (Å²) in [7, 11) is 2.89. The van der Waals surface area contributed by atoms with Gasteiger partial charge in [-0.1, -0.05) is 0 Å². The van der Waals surface area contributed by atoms with Gasteiger partial charge in [0, 0.05) is 14.2 Å². The number of rotatable bonds is 4. The van der Waals surface area contributed by atoms with Crippen molar-refractivity contribution < 1.29 is 18.6 Å². The molecule has 4 unspecified atom stereocenters. The van der Waals surface area contributed by atoms with E-state index in [-0.39, 0.29) is 23.7 Å². The lowest BCUT2D eigenvalue weighted by atomic mass is 10.1. The van der Waals surface area contributed by atoms with Crippen molar-refractivity contribution in [3.05, 3.63) is 16.7 Å². The van der Waals surface area contributed by atoms with Gasteiger partial charge in [0.1, 0.15) is 12.2 Å². The van der Waals surface area contributed by atoms with E-state index in [1.165, 1.54) is 25.1 Å². The quantitative estimate of drug-likeness (QED) is 0.788. The van der Waals surface area contributed by atoms with Crippen LogP contribution in [-0.2, 0) is 14.2 Å². The largest absolute Gasteiger partial charge is 0.382 e. The number of aromatic nitrogens is 4. The van der Waals surface area contributed by atoms with Crippen LogP contribution in [0.1, 0.15) is 6.23 Å².